The van der Waals surface area contributed by atoms with Gasteiger partial charge in [-0.2, -0.15) is 0 Å². The Kier molecular flexibility index (Phi) is 6.12. The van der Waals surface area contributed by atoms with Gasteiger partial charge in [-0.25, -0.2) is 4.79 Å². The Morgan fingerprint density at radius 3 is 2.64 bits per heavy atom. The molecule has 118 valence electrons. The molecule has 2 atom stereocenters. The highest BCUT2D eigenvalue weighted by Gasteiger charge is 2.13. The van der Waals surface area contributed by atoms with E-state index in [9.17, 15) is 9.90 Å². The van der Waals surface area contributed by atoms with Gasteiger partial charge in [0, 0.05) is 17.5 Å². The van der Waals surface area contributed by atoms with Gasteiger partial charge >= 0.3 is 5.97 Å². The highest BCUT2D eigenvalue weighted by atomic mass is 32.1. The van der Waals surface area contributed by atoms with Crippen LogP contribution in [0.4, 0.5) is 0 Å². The van der Waals surface area contributed by atoms with Gasteiger partial charge < -0.3 is 15.2 Å². The van der Waals surface area contributed by atoms with E-state index in [1.807, 2.05) is 29.6 Å². The molecule has 2 unspecified atom stereocenters. The molecule has 0 saturated heterocycles. The van der Waals surface area contributed by atoms with Crippen molar-refractivity contribution in [2.24, 2.45) is 0 Å². The zero-order valence-corrected chi connectivity index (χ0v) is 13.6. The average molecular weight is 319 g/mol. The van der Waals surface area contributed by atoms with Crippen molar-refractivity contribution in [3.8, 4) is 0 Å². The minimum absolute atomic E-state index is 0.192. The summed E-state index contributed by atoms with van der Waals surface area (Å²) in [5.74, 6) is -0.327. The number of carbonyl (C=O) groups excluding carboxylic acids is 1. The molecule has 0 amide bonds. The summed E-state index contributed by atoms with van der Waals surface area (Å²) in [5.41, 5.74) is 1.64. The average Bonchev–Trinajstić information content (AvgIpc) is 3.07. The maximum absolute atomic E-state index is 11.4. The van der Waals surface area contributed by atoms with Crippen LogP contribution in [0.15, 0.2) is 41.8 Å². The van der Waals surface area contributed by atoms with Crippen LogP contribution in [0.2, 0.25) is 0 Å². The van der Waals surface area contributed by atoms with Gasteiger partial charge in [-0.05, 0) is 42.5 Å². The highest BCUT2D eigenvalue weighted by molar-refractivity contribution is 7.10. The fourth-order valence-corrected chi connectivity index (χ4v) is 2.91. The quantitative estimate of drug-likeness (QED) is 0.770. The first-order valence-corrected chi connectivity index (χ1v) is 8.10. The van der Waals surface area contributed by atoms with E-state index in [0.717, 1.165) is 10.4 Å². The third-order valence-corrected chi connectivity index (χ3v) is 4.45. The van der Waals surface area contributed by atoms with Crippen molar-refractivity contribution in [2.75, 3.05) is 7.11 Å². The lowest BCUT2D eigenvalue weighted by Crippen LogP contribution is -2.27. The number of methoxy groups -OCH3 is 1. The van der Waals surface area contributed by atoms with E-state index in [0.29, 0.717) is 18.5 Å². The second-order valence-corrected chi connectivity index (χ2v) is 6.22. The van der Waals surface area contributed by atoms with Gasteiger partial charge in [0.2, 0.25) is 0 Å². The zero-order chi connectivity index (χ0) is 15.9. The third kappa shape index (κ3) is 4.66. The molecule has 2 aromatic rings. The van der Waals surface area contributed by atoms with Crippen LogP contribution in [0, 0.1) is 0 Å². The van der Waals surface area contributed by atoms with Crippen molar-refractivity contribution in [1.82, 2.24) is 5.32 Å². The topological polar surface area (TPSA) is 58.6 Å². The van der Waals surface area contributed by atoms with Crippen molar-refractivity contribution >= 4 is 17.3 Å². The van der Waals surface area contributed by atoms with Gasteiger partial charge in [-0.1, -0.05) is 18.2 Å². The van der Waals surface area contributed by atoms with Crippen LogP contribution in [0.25, 0.3) is 0 Å². The van der Waals surface area contributed by atoms with Crippen LogP contribution >= 0.6 is 11.3 Å². The molecule has 0 radical (unpaired) electrons. The largest absolute Gasteiger partial charge is 0.465 e. The smallest absolute Gasteiger partial charge is 0.337 e. The number of ether oxygens (including phenoxy) is 1. The first-order chi connectivity index (χ1) is 10.6. The van der Waals surface area contributed by atoms with Crippen molar-refractivity contribution in [3.63, 3.8) is 0 Å². The summed E-state index contributed by atoms with van der Waals surface area (Å²) in [6.07, 6.45) is 0.241. The molecule has 0 bridgehead atoms. The van der Waals surface area contributed by atoms with E-state index in [1.165, 1.54) is 7.11 Å². The fourth-order valence-electron chi connectivity index (χ4n) is 2.18. The first-order valence-electron chi connectivity index (χ1n) is 7.22. The second-order valence-electron chi connectivity index (χ2n) is 5.24. The number of rotatable bonds is 7. The number of hydrogen-bond acceptors (Lipinski definition) is 5. The second kappa shape index (κ2) is 8.08. The molecular weight excluding hydrogens is 298 g/mol. The summed E-state index contributed by atoms with van der Waals surface area (Å²) in [6.45, 7) is 2.75. The van der Waals surface area contributed by atoms with Crippen molar-refractivity contribution < 1.29 is 14.6 Å². The van der Waals surface area contributed by atoms with Crippen LogP contribution in [0.3, 0.4) is 0 Å². The molecule has 0 aliphatic heterocycles. The molecule has 0 aliphatic rings. The lowest BCUT2D eigenvalue weighted by atomic mass is 10.1. The first kappa shape index (κ1) is 16.7. The van der Waals surface area contributed by atoms with Crippen LogP contribution in [0.1, 0.15) is 40.2 Å². The van der Waals surface area contributed by atoms with Gasteiger partial charge in [-0.15, -0.1) is 11.3 Å². The van der Waals surface area contributed by atoms with Crippen LogP contribution in [-0.2, 0) is 11.3 Å². The number of nitrogens with one attached hydrogen (secondary N) is 1. The molecule has 1 heterocycles. The maximum Gasteiger partial charge on any atom is 0.337 e. The Hall–Kier alpha value is -1.69. The lowest BCUT2D eigenvalue weighted by molar-refractivity contribution is 0.0600. The van der Waals surface area contributed by atoms with E-state index in [4.69, 9.17) is 0 Å². The molecule has 2 N–H and O–H groups in total. The molecule has 5 heteroatoms. The summed E-state index contributed by atoms with van der Waals surface area (Å²) in [4.78, 5) is 12.4. The molecule has 1 aromatic heterocycles. The van der Waals surface area contributed by atoms with Crippen molar-refractivity contribution in [2.45, 2.75) is 32.0 Å². The summed E-state index contributed by atoms with van der Waals surface area (Å²) < 4.78 is 4.67. The number of aliphatic hydroxyl groups excluding tert-OH is 1. The third-order valence-electron chi connectivity index (χ3n) is 3.48. The molecule has 2 rings (SSSR count). The van der Waals surface area contributed by atoms with Gasteiger partial charge in [0.1, 0.15) is 0 Å². The van der Waals surface area contributed by atoms with Gasteiger partial charge in [0.25, 0.3) is 0 Å². The summed E-state index contributed by atoms with van der Waals surface area (Å²) in [7, 11) is 1.37. The van der Waals surface area contributed by atoms with Crippen molar-refractivity contribution in [3.05, 3.63) is 57.8 Å². The predicted octanol–water partition coefficient (Wildman–Crippen LogP) is 3.14. The Balaban J connectivity index is 1.80. The number of carbonyl (C=O) groups is 1. The van der Waals surface area contributed by atoms with E-state index in [1.54, 1.807) is 23.5 Å². The van der Waals surface area contributed by atoms with Gasteiger partial charge in [0.05, 0.1) is 18.8 Å². The Labute approximate surface area is 134 Å². The summed E-state index contributed by atoms with van der Waals surface area (Å²) in [6, 6.07) is 11.4. The van der Waals surface area contributed by atoms with E-state index < -0.39 is 6.10 Å². The number of hydrogen-bond donors (Lipinski definition) is 2. The van der Waals surface area contributed by atoms with Crippen LogP contribution in [-0.4, -0.2) is 24.2 Å². The van der Waals surface area contributed by atoms with Gasteiger partial charge in [0.15, 0.2) is 0 Å². The van der Waals surface area contributed by atoms with E-state index in [-0.39, 0.29) is 12.0 Å². The monoisotopic (exact) mass is 319 g/mol. The molecule has 0 aliphatic carbocycles. The standard InChI is InChI=1S/C17H21NO3S/c1-12(10-15(19)16-4-3-9-22-16)18-11-13-5-7-14(8-6-13)17(20)21-2/h3-9,12,15,18-19H,10-11H2,1-2H3. The Morgan fingerprint density at radius 2 is 2.05 bits per heavy atom. The molecule has 22 heavy (non-hydrogen) atoms. The molecule has 0 saturated carbocycles. The molecular formula is C17H21NO3S. The molecule has 0 spiro atoms. The summed E-state index contributed by atoms with van der Waals surface area (Å²) >= 11 is 1.57. The van der Waals surface area contributed by atoms with E-state index in [2.05, 4.69) is 17.0 Å². The lowest BCUT2D eigenvalue weighted by Gasteiger charge is -2.17. The zero-order valence-electron chi connectivity index (χ0n) is 12.8. The van der Waals surface area contributed by atoms with Crippen LogP contribution < -0.4 is 5.32 Å². The number of thiophene rings is 1. The number of esters is 1. The molecule has 1 aromatic carbocycles. The molecule has 0 fully saturated rings. The van der Waals surface area contributed by atoms with E-state index >= 15 is 0 Å². The highest BCUT2D eigenvalue weighted by Crippen LogP contribution is 2.22. The van der Waals surface area contributed by atoms with Crippen LogP contribution in [0.5, 0.6) is 0 Å². The van der Waals surface area contributed by atoms with Gasteiger partial charge in [-0.3, -0.25) is 0 Å². The fraction of sp³-hybridized carbons (Fsp3) is 0.353. The number of benzene rings is 1. The number of aliphatic hydroxyl groups is 1. The predicted molar refractivity (Wildman–Crippen MR) is 88.0 cm³/mol. The Bertz CT molecular complexity index is 580. The molecule has 4 nitrogen and oxygen atoms in total. The normalized spacial score (nSPS) is 13.6. The maximum atomic E-state index is 11.4. The minimum atomic E-state index is -0.427. The van der Waals surface area contributed by atoms with Crippen molar-refractivity contribution in [1.29, 1.82) is 0 Å². The Morgan fingerprint density at radius 1 is 1.32 bits per heavy atom. The summed E-state index contributed by atoms with van der Waals surface area (Å²) in [5, 5.41) is 15.5. The minimum Gasteiger partial charge on any atom is -0.465 e. The SMILES string of the molecule is COC(=O)c1ccc(CNC(C)CC(O)c2cccs2)cc1.